The molecule has 0 radical (unpaired) electrons. The molecule has 0 atom stereocenters. The van der Waals surface area contributed by atoms with Crippen molar-refractivity contribution in [3.63, 3.8) is 0 Å². The number of hydrogen-bond donors (Lipinski definition) is 2. The number of aromatic hydroxyl groups is 1. The summed E-state index contributed by atoms with van der Waals surface area (Å²) in [5.74, 6) is 1.31. The molecule has 1 aromatic carbocycles. The van der Waals surface area contributed by atoms with Gasteiger partial charge in [0, 0.05) is 19.6 Å². The molecule has 3 N–H and O–H groups in total. The zero-order valence-electron chi connectivity index (χ0n) is 12.7. The number of nitrogens with two attached hydrogens (primary N) is 1. The maximum atomic E-state index is 9.57. The van der Waals surface area contributed by atoms with Gasteiger partial charge in [-0.05, 0) is 37.0 Å². The van der Waals surface area contributed by atoms with Crippen LogP contribution in [0.3, 0.4) is 0 Å². The van der Waals surface area contributed by atoms with Crippen LogP contribution in [0.25, 0.3) is 0 Å². The molecule has 5 heteroatoms. The van der Waals surface area contributed by atoms with Crippen molar-refractivity contribution in [2.24, 2.45) is 10.7 Å². The molecule has 1 fully saturated rings. The molecule has 0 amide bonds. The van der Waals surface area contributed by atoms with E-state index in [0.717, 1.165) is 25.1 Å². The lowest BCUT2D eigenvalue weighted by Gasteiger charge is -2.21. The predicted octanol–water partition coefficient (Wildman–Crippen LogP) is 2.13. The first kappa shape index (κ1) is 15.5. The van der Waals surface area contributed by atoms with Gasteiger partial charge >= 0.3 is 0 Å². The fraction of sp³-hybridized carbons (Fsp3) is 0.562. The molecule has 0 bridgehead atoms. The maximum absolute atomic E-state index is 9.57. The molecule has 21 heavy (non-hydrogen) atoms. The topological polar surface area (TPSA) is 71.1 Å². The van der Waals surface area contributed by atoms with Crippen LogP contribution in [0.2, 0.25) is 0 Å². The van der Waals surface area contributed by atoms with Gasteiger partial charge in [-0.1, -0.05) is 18.9 Å². The van der Waals surface area contributed by atoms with E-state index in [2.05, 4.69) is 9.89 Å². The summed E-state index contributed by atoms with van der Waals surface area (Å²) in [5, 5.41) is 9.57. The van der Waals surface area contributed by atoms with Crippen LogP contribution in [0, 0.1) is 0 Å². The van der Waals surface area contributed by atoms with E-state index in [4.69, 9.17) is 10.5 Å². The third-order valence-corrected chi connectivity index (χ3v) is 3.85. The second kappa shape index (κ2) is 7.76. The van der Waals surface area contributed by atoms with E-state index in [0.29, 0.717) is 18.3 Å². The first-order chi connectivity index (χ1) is 10.2. The first-order valence-electron chi connectivity index (χ1n) is 7.61. The molecular weight excluding hydrogens is 266 g/mol. The predicted molar refractivity (Wildman–Crippen MR) is 84.9 cm³/mol. The summed E-state index contributed by atoms with van der Waals surface area (Å²) < 4.78 is 5.10. The molecule has 1 aliphatic heterocycles. The summed E-state index contributed by atoms with van der Waals surface area (Å²) in [7, 11) is 1.55. The number of methoxy groups -OCH3 is 1. The minimum absolute atomic E-state index is 0.161. The zero-order valence-corrected chi connectivity index (χ0v) is 12.7. The number of ether oxygens (including phenoxy) is 1. The first-order valence-corrected chi connectivity index (χ1v) is 7.61. The number of benzene rings is 1. The Labute approximate surface area is 126 Å². The molecule has 1 aliphatic rings. The lowest BCUT2D eigenvalue weighted by atomic mass is 10.1. The van der Waals surface area contributed by atoms with Crippen LogP contribution in [0.15, 0.2) is 23.2 Å². The SMILES string of the molecule is COc1cc(CCN=C(N)N2CCCCCC2)ccc1O. The van der Waals surface area contributed by atoms with E-state index in [1.165, 1.54) is 25.7 Å². The molecule has 116 valence electrons. The molecule has 5 nitrogen and oxygen atoms in total. The highest BCUT2D eigenvalue weighted by Gasteiger charge is 2.10. The van der Waals surface area contributed by atoms with Crippen molar-refractivity contribution >= 4 is 5.96 Å². The van der Waals surface area contributed by atoms with E-state index in [-0.39, 0.29) is 5.75 Å². The number of aliphatic imine (C=N–C) groups is 1. The van der Waals surface area contributed by atoms with Crippen LogP contribution in [0.1, 0.15) is 31.2 Å². The van der Waals surface area contributed by atoms with Gasteiger partial charge < -0.3 is 20.5 Å². The lowest BCUT2D eigenvalue weighted by Crippen LogP contribution is -2.38. The summed E-state index contributed by atoms with van der Waals surface area (Å²) in [5.41, 5.74) is 7.15. The summed E-state index contributed by atoms with van der Waals surface area (Å²) in [6.07, 6.45) is 5.76. The van der Waals surface area contributed by atoms with Gasteiger partial charge in [0.05, 0.1) is 7.11 Å². The van der Waals surface area contributed by atoms with Gasteiger partial charge in [-0.25, -0.2) is 0 Å². The van der Waals surface area contributed by atoms with Crippen molar-refractivity contribution in [2.45, 2.75) is 32.1 Å². The van der Waals surface area contributed by atoms with E-state index < -0.39 is 0 Å². The van der Waals surface area contributed by atoms with E-state index in [1.54, 1.807) is 13.2 Å². The van der Waals surface area contributed by atoms with Gasteiger partial charge in [0.2, 0.25) is 0 Å². The van der Waals surface area contributed by atoms with Crippen molar-refractivity contribution < 1.29 is 9.84 Å². The molecule has 0 aromatic heterocycles. The number of likely N-dealkylation sites (tertiary alicyclic amines) is 1. The largest absolute Gasteiger partial charge is 0.504 e. The standard InChI is InChI=1S/C16H25N3O2/c1-21-15-12-13(6-7-14(15)20)8-9-18-16(17)19-10-4-2-3-5-11-19/h6-7,12,20H,2-5,8-11H2,1H3,(H2,17,18). The van der Waals surface area contributed by atoms with Gasteiger partial charge in [-0.15, -0.1) is 0 Å². The number of phenols is 1. The van der Waals surface area contributed by atoms with E-state index >= 15 is 0 Å². The molecule has 0 saturated carbocycles. The van der Waals surface area contributed by atoms with Gasteiger partial charge in [-0.2, -0.15) is 0 Å². The lowest BCUT2D eigenvalue weighted by molar-refractivity contribution is 0.373. The van der Waals surface area contributed by atoms with Gasteiger partial charge in [0.25, 0.3) is 0 Å². The Morgan fingerprint density at radius 1 is 1.29 bits per heavy atom. The highest BCUT2D eigenvalue weighted by atomic mass is 16.5. The number of phenolic OH excluding ortho intramolecular Hbond substituents is 1. The Morgan fingerprint density at radius 3 is 2.67 bits per heavy atom. The van der Waals surface area contributed by atoms with Gasteiger partial charge in [0.1, 0.15) is 0 Å². The van der Waals surface area contributed by atoms with Crippen LogP contribution in [0.4, 0.5) is 0 Å². The van der Waals surface area contributed by atoms with Gasteiger partial charge in [0.15, 0.2) is 17.5 Å². The molecule has 0 aliphatic carbocycles. The Balaban J connectivity index is 1.88. The Bertz CT molecular complexity index is 480. The van der Waals surface area contributed by atoms with E-state index in [9.17, 15) is 5.11 Å². The normalized spacial score (nSPS) is 16.6. The fourth-order valence-corrected chi connectivity index (χ4v) is 2.58. The third-order valence-electron chi connectivity index (χ3n) is 3.85. The smallest absolute Gasteiger partial charge is 0.191 e. The summed E-state index contributed by atoms with van der Waals surface area (Å²) in [6, 6.07) is 5.37. The van der Waals surface area contributed by atoms with Crippen molar-refractivity contribution in [3.05, 3.63) is 23.8 Å². The molecule has 1 saturated heterocycles. The summed E-state index contributed by atoms with van der Waals surface area (Å²) >= 11 is 0. The average Bonchev–Trinajstić information content (AvgIpc) is 2.78. The Morgan fingerprint density at radius 2 is 2.00 bits per heavy atom. The zero-order chi connectivity index (χ0) is 15.1. The van der Waals surface area contributed by atoms with Gasteiger partial charge in [-0.3, -0.25) is 4.99 Å². The van der Waals surface area contributed by atoms with Crippen molar-refractivity contribution in [2.75, 3.05) is 26.7 Å². The number of guanidine groups is 1. The molecule has 2 rings (SSSR count). The molecule has 0 unspecified atom stereocenters. The summed E-state index contributed by atoms with van der Waals surface area (Å²) in [4.78, 5) is 6.66. The number of nitrogens with zero attached hydrogens (tertiary/aromatic N) is 2. The van der Waals surface area contributed by atoms with E-state index in [1.807, 2.05) is 12.1 Å². The highest BCUT2D eigenvalue weighted by Crippen LogP contribution is 2.26. The van der Waals surface area contributed by atoms with Crippen LogP contribution >= 0.6 is 0 Å². The quantitative estimate of drug-likeness (QED) is 0.658. The van der Waals surface area contributed by atoms with Crippen molar-refractivity contribution in [3.8, 4) is 11.5 Å². The second-order valence-corrected chi connectivity index (χ2v) is 5.40. The molecule has 1 aromatic rings. The van der Waals surface area contributed by atoms with Crippen LogP contribution in [-0.2, 0) is 6.42 Å². The molecule has 0 spiro atoms. The average molecular weight is 291 g/mol. The van der Waals surface area contributed by atoms with Crippen molar-refractivity contribution in [1.82, 2.24) is 4.90 Å². The highest BCUT2D eigenvalue weighted by molar-refractivity contribution is 5.78. The Kier molecular flexibility index (Phi) is 5.72. The van der Waals surface area contributed by atoms with Crippen molar-refractivity contribution in [1.29, 1.82) is 0 Å². The molecular formula is C16H25N3O2. The number of hydrogen-bond acceptors (Lipinski definition) is 3. The monoisotopic (exact) mass is 291 g/mol. The van der Waals surface area contributed by atoms with Crippen LogP contribution < -0.4 is 10.5 Å². The minimum Gasteiger partial charge on any atom is -0.504 e. The minimum atomic E-state index is 0.161. The fourth-order valence-electron chi connectivity index (χ4n) is 2.58. The number of rotatable bonds is 4. The summed E-state index contributed by atoms with van der Waals surface area (Å²) in [6.45, 7) is 2.68. The van der Waals surface area contributed by atoms with Crippen LogP contribution in [-0.4, -0.2) is 42.7 Å². The Hall–Kier alpha value is -1.91. The van der Waals surface area contributed by atoms with Crippen LogP contribution in [0.5, 0.6) is 11.5 Å². The second-order valence-electron chi connectivity index (χ2n) is 5.40. The maximum Gasteiger partial charge on any atom is 0.191 e. The third kappa shape index (κ3) is 4.55. The molecule has 1 heterocycles.